The van der Waals surface area contributed by atoms with E-state index in [1.807, 2.05) is 25.2 Å². The van der Waals surface area contributed by atoms with Crippen LogP contribution in [0, 0.1) is 0 Å². The van der Waals surface area contributed by atoms with Gasteiger partial charge in [0.1, 0.15) is 5.75 Å². The van der Waals surface area contributed by atoms with Gasteiger partial charge >= 0.3 is 0 Å². The standard InChI is InChI=1S/C16H18ClNO3/c1-18-9-12-13(17)4-3-5-14(12)21-15-7-6-11(10-19)8-16(15)20-2/h3-8,18-19H,9-10H2,1-2H3. The average Bonchev–Trinajstić information content (AvgIpc) is 2.51. The van der Waals surface area contributed by atoms with Gasteiger partial charge in [-0.25, -0.2) is 0 Å². The number of ether oxygens (including phenoxy) is 2. The summed E-state index contributed by atoms with van der Waals surface area (Å²) in [6.45, 7) is 0.560. The molecule has 21 heavy (non-hydrogen) atoms. The van der Waals surface area contributed by atoms with Crippen molar-refractivity contribution in [1.82, 2.24) is 5.32 Å². The van der Waals surface area contributed by atoms with Crippen molar-refractivity contribution in [2.24, 2.45) is 0 Å². The third kappa shape index (κ3) is 3.67. The smallest absolute Gasteiger partial charge is 0.169 e. The fourth-order valence-corrected chi connectivity index (χ4v) is 2.23. The van der Waals surface area contributed by atoms with Gasteiger partial charge in [-0.15, -0.1) is 0 Å². The summed E-state index contributed by atoms with van der Waals surface area (Å²) >= 11 is 6.21. The Morgan fingerprint density at radius 3 is 2.62 bits per heavy atom. The zero-order valence-corrected chi connectivity index (χ0v) is 12.8. The van der Waals surface area contributed by atoms with Crippen molar-refractivity contribution in [3.63, 3.8) is 0 Å². The number of halogens is 1. The molecule has 2 aromatic carbocycles. The van der Waals surface area contributed by atoms with E-state index < -0.39 is 0 Å². The predicted molar refractivity (Wildman–Crippen MR) is 83.2 cm³/mol. The molecular formula is C16H18ClNO3. The first kappa shape index (κ1) is 15.6. The van der Waals surface area contributed by atoms with E-state index in [-0.39, 0.29) is 6.61 Å². The Hall–Kier alpha value is -1.75. The normalized spacial score (nSPS) is 10.5. The van der Waals surface area contributed by atoms with Crippen LogP contribution in [0.15, 0.2) is 36.4 Å². The van der Waals surface area contributed by atoms with Gasteiger partial charge in [0.25, 0.3) is 0 Å². The van der Waals surface area contributed by atoms with E-state index in [0.717, 1.165) is 11.1 Å². The Kier molecular flexibility index (Phi) is 5.44. The van der Waals surface area contributed by atoms with E-state index in [1.54, 1.807) is 25.3 Å². The molecule has 0 aliphatic heterocycles. The minimum absolute atomic E-state index is 0.0428. The topological polar surface area (TPSA) is 50.7 Å². The first-order valence-electron chi connectivity index (χ1n) is 6.57. The summed E-state index contributed by atoms with van der Waals surface area (Å²) in [5.41, 5.74) is 1.65. The number of aliphatic hydroxyl groups is 1. The van der Waals surface area contributed by atoms with Crippen molar-refractivity contribution in [2.75, 3.05) is 14.2 Å². The molecule has 112 valence electrons. The van der Waals surface area contributed by atoms with Gasteiger partial charge in [-0.3, -0.25) is 0 Å². The Bertz CT molecular complexity index is 616. The van der Waals surface area contributed by atoms with Gasteiger partial charge in [-0.1, -0.05) is 23.7 Å². The second kappa shape index (κ2) is 7.31. The molecule has 4 nitrogen and oxygen atoms in total. The fourth-order valence-electron chi connectivity index (χ4n) is 2.00. The van der Waals surface area contributed by atoms with Crippen molar-refractivity contribution in [3.05, 3.63) is 52.5 Å². The molecule has 0 aromatic heterocycles. The molecule has 0 unspecified atom stereocenters. The molecule has 0 bridgehead atoms. The minimum atomic E-state index is -0.0428. The summed E-state index contributed by atoms with van der Waals surface area (Å²) in [7, 11) is 3.42. The van der Waals surface area contributed by atoms with E-state index in [1.165, 1.54) is 0 Å². The molecule has 0 fully saturated rings. The molecule has 0 heterocycles. The maximum absolute atomic E-state index is 9.17. The molecule has 0 radical (unpaired) electrons. The van der Waals surface area contributed by atoms with E-state index in [0.29, 0.717) is 28.8 Å². The van der Waals surface area contributed by atoms with Crippen LogP contribution in [0.3, 0.4) is 0 Å². The monoisotopic (exact) mass is 307 g/mol. The number of hydrogen-bond donors (Lipinski definition) is 2. The highest BCUT2D eigenvalue weighted by molar-refractivity contribution is 6.31. The summed E-state index contributed by atoms with van der Waals surface area (Å²) in [5, 5.41) is 12.9. The molecule has 0 aliphatic carbocycles. The molecule has 0 spiro atoms. The maximum atomic E-state index is 9.17. The quantitative estimate of drug-likeness (QED) is 0.859. The lowest BCUT2D eigenvalue weighted by molar-refractivity contribution is 0.280. The maximum Gasteiger partial charge on any atom is 0.169 e. The molecule has 0 saturated heterocycles. The first-order chi connectivity index (χ1) is 10.2. The molecule has 0 atom stereocenters. The highest BCUT2D eigenvalue weighted by atomic mass is 35.5. The third-order valence-electron chi connectivity index (χ3n) is 3.06. The average molecular weight is 308 g/mol. The molecule has 2 N–H and O–H groups in total. The van der Waals surface area contributed by atoms with Crippen molar-refractivity contribution in [3.8, 4) is 17.2 Å². The van der Waals surface area contributed by atoms with Gasteiger partial charge in [0.05, 0.1) is 13.7 Å². The Labute approximate surface area is 129 Å². The van der Waals surface area contributed by atoms with Gasteiger partial charge in [0.2, 0.25) is 0 Å². The second-order valence-corrected chi connectivity index (χ2v) is 4.90. The highest BCUT2D eigenvalue weighted by Crippen LogP contribution is 2.35. The van der Waals surface area contributed by atoms with E-state index in [9.17, 15) is 0 Å². The lowest BCUT2D eigenvalue weighted by atomic mass is 10.2. The lowest BCUT2D eigenvalue weighted by Crippen LogP contribution is -2.07. The van der Waals surface area contributed by atoms with Crippen molar-refractivity contribution >= 4 is 11.6 Å². The van der Waals surface area contributed by atoms with E-state index in [2.05, 4.69) is 5.32 Å². The number of benzene rings is 2. The van der Waals surface area contributed by atoms with Crippen LogP contribution in [0.1, 0.15) is 11.1 Å². The summed E-state index contributed by atoms with van der Waals surface area (Å²) < 4.78 is 11.2. The van der Waals surface area contributed by atoms with Crippen molar-refractivity contribution < 1.29 is 14.6 Å². The molecule has 0 saturated carbocycles. The van der Waals surface area contributed by atoms with Crippen LogP contribution in [0.4, 0.5) is 0 Å². The number of aliphatic hydroxyl groups excluding tert-OH is 1. The summed E-state index contributed by atoms with van der Waals surface area (Å²) in [6.07, 6.45) is 0. The molecule has 5 heteroatoms. The van der Waals surface area contributed by atoms with Crippen molar-refractivity contribution in [1.29, 1.82) is 0 Å². The summed E-state index contributed by atoms with van der Waals surface area (Å²) in [4.78, 5) is 0. The van der Waals surface area contributed by atoms with E-state index in [4.69, 9.17) is 26.2 Å². The molecule has 0 amide bonds. The van der Waals surface area contributed by atoms with Crippen LogP contribution in [0.5, 0.6) is 17.2 Å². The highest BCUT2D eigenvalue weighted by Gasteiger charge is 2.12. The fraction of sp³-hybridized carbons (Fsp3) is 0.250. The molecular weight excluding hydrogens is 290 g/mol. The van der Waals surface area contributed by atoms with Gasteiger partial charge in [0, 0.05) is 17.1 Å². The minimum Gasteiger partial charge on any atom is -0.493 e. The first-order valence-corrected chi connectivity index (χ1v) is 6.95. The summed E-state index contributed by atoms with van der Waals surface area (Å²) in [6, 6.07) is 10.8. The number of hydrogen-bond acceptors (Lipinski definition) is 4. The van der Waals surface area contributed by atoms with Gasteiger partial charge < -0.3 is 19.9 Å². The van der Waals surface area contributed by atoms with Crippen LogP contribution < -0.4 is 14.8 Å². The zero-order chi connectivity index (χ0) is 15.2. The van der Waals surface area contributed by atoms with Crippen LogP contribution in [0.25, 0.3) is 0 Å². The SMILES string of the molecule is CNCc1c(Cl)cccc1Oc1ccc(CO)cc1OC. The molecule has 2 rings (SSSR count). The second-order valence-electron chi connectivity index (χ2n) is 4.49. The van der Waals surface area contributed by atoms with Gasteiger partial charge in [-0.2, -0.15) is 0 Å². The largest absolute Gasteiger partial charge is 0.493 e. The Balaban J connectivity index is 2.36. The van der Waals surface area contributed by atoms with Crippen LogP contribution in [-0.2, 0) is 13.2 Å². The molecule has 2 aromatic rings. The van der Waals surface area contributed by atoms with Crippen molar-refractivity contribution in [2.45, 2.75) is 13.2 Å². The van der Waals surface area contributed by atoms with Crippen LogP contribution in [-0.4, -0.2) is 19.3 Å². The Morgan fingerprint density at radius 1 is 1.14 bits per heavy atom. The van der Waals surface area contributed by atoms with Gasteiger partial charge in [-0.05, 0) is 36.9 Å². The zero-order valence-electron chi connectivity index (χ0n) is 12.0. The predicted octanol–water partition coefficient (Wildman–Crippen LogP) is 3.35. The van der Waals surface area contributed by atoms with Crippen LogP contribution >= 0.6 is 11.6 Å². The Morgan fingerprint density at radius 2 is 1.95 bits per heavy atom. The van der Waals surface area contributed by atoms with Crippen LogP contribution in [0.2, 0.25) is 5.02 Å². The number of methoxy groups -OCH3 is 1. The van der Waals surface area contributed by atoms with Gasteiger partial charge in [0.15, 0.2) is 11.5 Å². The lowest BCUT2D eigenvalue weighted by Gasteiger charge is -2.15. The van der Waals surface area contributed by atoms with E-state index >= 15 is 0 Å². The number of rotatable bonds is 6. The third-order valence-corrected chi connectivity index (χ3v) is 3.41. The number of nitrogens with one attached hydrogen (secondary N) is 1. The summed E-state index contributed by atoms with van der Waals surface area (Å²) in [5.74, 6) is 1.82. The molecule has 0 aliphatic rings.